The van der Waals surface area contributed by atoms with Crippen molar-refractivity contribution in [2.75, 3.05) is 59.0 Å². The second kappa shape index (κ2) is 11.6. The highest BCUT2D eigenvalue weighted by atomic mass is 35.5. The maximum atomic E-state index is 13.0. The molecule has 3 aliphatic heterocycles. The predicted molar refractivity (Wildman–Crippen MR) is 105 cm³/mol. The number of carbonyl (C=O) groups excluding carboxylic acids is 1. The van der Waals surface area contributed by atoms with E-state index in [0.717, 1.165) is 71.6 Å². The van der Waals surface area contributed by atoms with Gasteiger partial charge >= 0.3 is 0 Å². The maximum absolute atomic E-state index is 13.0. The van der Waals surface area contributed by atoms with Crippen molar-refractivity contribution in [3.8, 4) is 0 Å². The first-order valence-electron chi connectivity index (χ1n) is 9.38. The second-order valence-electron chi connectivity index (χ2n) is 7.12. The minimum Gasteiger partial charge on any atom is -0.396 e. The Balaban J connectivity index is 0.00000156. The number of hydrogen-bond acceptors (Lipinski definition) is 5. The summed E-state index contributed by atoms with van der Waals surface area (Å²) in [6.45, 7) is 8.07. The van der Waals surface area contributed by atoms with Gasteiger partial charge in [-0.25, -0.2) is 0 Å². The Morgan fingerprint density at radius 2 is 1.68 bits per heavy atom. The summed E-state index contributed by atoms with van der Waals surface area (Å²) in [5.74, 6) is 0.364. The van der Waals surface area contributed by atoms with E-state index in [2.05, 4.69) is 20.0 Å². The standard InChI is InChI=1S/C17H32N4O2.2ClH/c22-14-2-8-19-10-12-20(13-11-19)17(23)16-3-1-9-21(16)15-4-6-18-7-5-15;;/h15-16,18,22H,1-14H2;2*1H/t16-;;/m0../s1. The first-order valence-corrected chi connectivity index (χ1v) is 9.38. The van der Waals surface area contributed by atoms with Crippen molar-refractivity contribution in [1.29, 1.82) is 0 Å². The first-order chi connectivity index (χ1) is 11.3. The van der Waals surface area contributed by atoms with Crippen molar-refractivity contribution in [3.63, 3.8) is 0 Å². The monoisotopic (exact) mass is 396 g/mol. The molecule has 148 valence electrons. The molecule has 0 aromatic heterocycles. The summed E-state index contributed by atoms with van der Waals surface area (Å²) in [4.78, 5) is 19.9. The van der Waals surface area contributed by atoms with Crippen LogP contribution in [-0.4, -0.2) is 96.8 Å². The average molecular weight is 397 g/mol. The van der Waals surface area contributed by atoms with Gasteiger partial charge in [-0.3, -0.25) is 14.6 Å². The van der Waals surface area contributed by atoms with Crippen molar-refractivity contribution >= 4 is 30.7 Å². The zero-order valence-electron chi connectivity index (χ0n) is 15.1. The third-order valence-corrected chi connectivity index (χ3v) is 5.67. The van der Waals surface area contributed by atoms with E-state index in [4.69, 9.17) is 5.11 Å². The van der Waals surface area contributed by atoms with Crippen LogP contribution in [0.4, 0.5) is 0 Å². The lowest BCUT2D eigenvalue weighted by molar-refractivity contribution is -0.138. The molecule has 0 unspecified atom stereocenters. The number of aliphatic hydroxyl groups excluding tert-OH is 1. The van der Waals surface area contributed by atoms with E-state index in [0.29, 0.717) is 11.9 Å². The number of nitrogens with zero attached hydrogens (tertiary/aromatic N) is 3. The van der Waals surface area contributed by atoms with Gasteiger partial charge in [0.15, 0.2) is 0 Å². The summed E-state index contributed by atoms with van der Waals surface area (Å²) in [6.07, 6.45) is 5.39. The topological polar surface area (TPSA) is 59.1 Å². The lowest BCUT2D eigenvalue weighted by Gasteiger charge is -2.40. The number of nitrogens with one attached hydrogen (secondary N) is 1. The highest BCUT2D eigenvalue weighted by molar-refractivity contribution is 5.85. The van der Waals surface area contributed by atoms with E-state index < -0.39 is 0 Å². The van der Waals surface area contributed by atoms with Gasteiger partial charge in [-0.05, 0) is 51.7 Å². The van der Waals surface area contributed by atoms with Gasteiger partial charge in [0, 0.05) is 45.4 Å². The van der Waals surface area contributed by atoms with E-state index in [-0.39, 0.29) is 37.5 Å². The van der Waals surface area contributed by atoms with E-state index >= 15 is 0 Å². The van der Waals surface area contributed by atoms with Crippen LogP contribution in [0.1, 0.15) is 32.1 Å². The minimum absolute atomic E-state index is 0. The molecule has 0 aromatic carbocycles. The molecule has 6 nitrogen and oxygen atoms in total. The summed E-state index contributed by atoms with van der Waals surface area (Å²) in [5.41, 5.74) is 0. The molecule has 0 aromatic rings. The van der Waals surface area contributed by atoms with Crippen LogP contribution in [0.3, 0.4) is 0 Å². The second-order valence-corrected chi connectivity index (χ2v) is 7.12. The van der Waals surface area contributed by atoms with Crippen LogP contribution in [-0.2, 0) is 4.79 Å². The Hall–Kier alpha value is -0.110. The van der Waals surface area contributed by atoms with E-state index in [9.17, 15) is 4.79 Å². The van der Waals surface area contributed by atoms with Gasteiger partial charge in [-0.1, -0.05) is 0 Å². The van der Waals surface area contributed by atoms with E-state index in [1.54, 1.807) is 0 Å². The molecule has 8 heteroatoms. The van der Waals surface area contributed by atoms with E-state index in [1.165, 1.54) is 12.8 Å². The molecular formula is C17H34Cl2N4O2. The fourth-order valence-electron chi connectivity index (χ4n) is 4.33. The number of aliphatic hydroxyl groups is 1. The highest BCUT2D eigenvalue weighted by Gasteiger charge is 2.38. The molecule has 0 spiro atoms. The Kier molecular flexibility index (Phi) is 10.6. The summed E-state index contributed by atoms with van der Waals surface area (Å²) < 4.78 is 0. The Bertz CT molecular complexity index is 389. The molecule has 25 heavy (non-hydrogen) atoms. The van der Waals surface area contributed by atoms with Gasteiger partial charge < -0.3 is 15.3 Å². The molecule has 3 aliphatic rings. The SMILES string of the molecule is Cl.Cl.O=C([C@@H]1CCCN1C1CCNCC1)N1CCN(CCCO)CC1. The fraction of sp³-hybridized carbons (Fsp3) is 0.941. The molecule has 3 heterocycles. The first kappa shape index (κ1) is 22.9. The molecular weight excluding hydrogens is 363 g/mol. The van der Waals surface area contributed by atoms with Crippen molar-refractivity contribution in [2.24, 2.45) is 0 Å². The number of rotatable bonds is 5. The number of carbonyl (C=O) groups is 1. The van der Waals surface area contributed by atoms with Crippen molar-refractivity contribution in [3.05, 3.63) is 0 Å². The zero-order valence-corrected chi connectivity index (χ0v) is 16.7. The van der Waals surface area contributed by atoms with Crippen LogP contribution in [0.25, 0.3) is 0 Å². The van der Waals surface area contributed by atoms with Gasteiger partial charge in [0.2, 0.25) is 5.91 Å². The van der Waals surface area contributed by atoms with Crippen LogP contribution >= 0.6 is 24.8 Å². The number of piperazine rings is 1. The maximum Gasteiger partial charge on any atom is 0.240 e. The van der Waals surface area contributed by atoms with Gasteiger partial charge in [0.05, 0.1) is 6.04 Å². The lowest BCUT2D eigenvalue weighted by Crippen LogP contribution is -2.56. The molecule has 0 aliphatic carbocycles. The Labute approximate surface area is 164 Å². The number of likely N-dealkylation sites (tertiary alicyclic amines) is 1. The zero-order chi connectivity index (χ0) is 16.1. The van der Waals surface area contributed by atoms with Crippen LogP contribution in [0.2, 0.25) is 0 Å². The van der Waals surface area contributed by atoms with Crippen LogP contribution in [0.15, 0.2) is 0 Å². The highest BCUT2D eigenvalue weighted by Crippen LogP contribution is 2.26. The molecule has 3 rings (SSSR count). The lowest BCUT2D eigenvalue weighted by atomic mass is 10.0. The molecule has 0 saturated carbocycles. The average Bonchev–Trinajstić information content (AvgIpc) is 3.10. The smallest absolute Gasteiger partial charge is 0.240 e. The van der Waals surface area contributed by atoms with Crippen molar-refractivity contribution in [1.82, 2.24) is 20.0 Å². The van der Waals surface area contributed by atoms with Gasteiger partial charge in [-0.15, -0.1) is 24.8 Å². The van der Waals surface area contributed by atoms with Gasteiger partial charge in [-0.2, -0.15) is 0 Å². The summed E-state index contributed by atoms with van der Waals surface area (Å²) in [5, 5.41) is 12.4. The molecule has 3 fully saturated rings. The third kappa shape index (κ3) is 5.94. The molecule has 2 N–H and O–H groups in total. The molecule has 1 atom stereocenters. The Morgan fingerprint density at radius 3 is 2.32 bits per heavy atom. The van der Waals surface area contributed by atoms with Crippen LogP contribution in [0.5, 0.6) is 0 Å². The largest absolute Gasteiger partial charge is 0.396 e. The molecule has 3 saturated heterocycles. The van der Waals surface area contributed by atoms with Crippen LogP contribution in [0, 0.1) is 0 Å². The van der Waals surface area contributed by atoms with Gasteiger partial charge in [0.25, 0.3) is 0 Å². The summed E-state index contributed by atoms with van der Waals surface area (Å²) >= 11 is 0. The summed E-state index contributed by atoms with van der Waals surface area (Å²) in [7, 11) is 0. The number of hydrogen-bond donors (Lipinski definition) is 2. The Morgan fingerprint density at radius 1 is 1.00 bits per heavy atom. The molecule has 1 amide bonds. The predicted octanol–water partition coefficient (Wildman–Crippen LogP) is 0.573. The quantitative estimate of drug-likeness (QED) is 0.711. The van der Waals surface area contributed by atoms with Crippen LogP contribution < -0.4 is 5.32 Å². The number of piperidine rings is 1. The molecule has 0 bridgehead atoms. The summed E-state index contributed by atoms with van der Waals surface area (Å²) in [6, 6.07) is 0.723. The third-order valence-electron chi connectivity index (χ3n) is 5.67. The van der Waals surface area contributed by atoms with Crippen molar-refractivity contribution in [2.45, 2.75) is 44.2 Å². The number of halogens is 2. The van der Waals surface area contributed by atoms with Gasteiger partial charge in [0.1, 0.15) is 0 Å². The van der Waals surface area contributed by atoms with E-state index in [1.807, 2.05) is 0 Å². The number of amides is 1. The minimum atomic E-state index is 0. The fourth-order valence-corrected chi connectivity index (χ4v) is 4.33. The molecule has 0 radical (unpaired) electrons. The normalized spacial score (nSPS) is 26.1. The van der Waals surface area contributed by atoms with Crippen molar-refractivity contribution < 1.29 is 9.90 Å².